The van der Waals surface area contributed by atoms with E-state index in [9.17, 15) is 4.79 Å². The monoisotopic (exact) mass is 250 g/mol. The van der Waals surface area contributed by atoms with E-state index in [0.29, 0.717) is 17.0 Å². The topological polar surface area (TPSA) is 55.6 Å². The zero-order valence-corrected chi connectivity index (χ0v) is 11.6. The van der Waals surface area contributed by atoms with E-state index in [0.717, 1.165) is 12.8 Å². The summed E-state index contributed by atoms with van der Waals surface area (Å²) in [4.78, 5) is 14.0. The van der Waals surface area contributed by atoms with Crippen molar-refractivity contribution in [3.05, 3.63) is 23.8 Å². The largest absolute Gasteiger partial charge is 0.497 e. The average molecular weight is 250 g/mol. The van der Waals surface area contributed by atoms with E-state index in [1.54, 1.807) is 30.2 Å². The van der Waals surface area contributed by atoms with Crippen molar-refractivity contribution in [3.8, 4) is 5.75 Å². The Morgan fingerprint density at radius 2 is 2.11 bits per heavy atom. The first kappa shape index (κ1) is 14.4. The van der Waals surface area contributed by atoms with Gasteiger partial charge in [-0.2, -0.15) is 0 Å². The van der Waals surface area contributed by atoms with Gasteiger partial charge in [0.05, 0.1) is 7.11 Å². The number of methoxy groups -OCH3 is 1. The molecule has 1 atom stereocenters. The van der Waals surface area contributed by atoms with Crippen LogP contribution in [0.15, 0.2) is 18.2 Å². The van der Waals surface area contributed by atoms with Gasteiger partial charge in [0.1, 0.15) is 5.75 Å². The minimum Gasteiger partial charge on any atom is -0.497 e. The number of carbonyl (C=O) groups is 1. The number of ether oxygens (including phenoxy) is 1. The van der Waals surface area contributed by atoms with Gasteiger partial charge in [0.2, 0.25) is 0 Å². The quantitative estimate of drug-likeness (QED) is 0.817. The maximum absolute atomic E-state index is 12.3. The molecule has 0 aromatic heterocycles. The van der Waals surface area contributed by atoms with Crippen LogP contribution in [0.1, 0.15) is 37.0 Å². The standard InChI is InChI=1S/C14H22N2O2/c1-5-6-10(2)16(3)14(17)11-7-12(15)9-13(8-11)18-4/h7-10H,5-6,15H2,1-4H3. The normalized spacial score (nSPS) is 12.0. The molecule has 0 aliphatic heterocycles. The van der Waals surface area contributed by atoms with Crippen LogP contribution in [0.5, 0.6) is 5.75 Å². The third-order valence-electron chi connectivity index (χ3n) is 3.10. The second-order valence-corrected chi connectivity index (χ2v) is 4.55. The van der Waals surface area contributed by atoms with Crippen molar-refractivity contribution in [2.45, 2.75) is 32.7 Å². The first-order valence-electron chi connectivity index (χ1n) is 6.21. The van der Waals surface area contributed by atoms with E-state index in [1.165, 1.54) is 0 Å². The average Bonchev–Trinajstić information content (AvgIpc) is 2.36. The predicted molar refractivity (Wildman–Crippen MR) is 73.9 cm³/mol. The number of benzene rings is 1. The van der Waals surface area contributed by atoms with E-state index >= 15 is 0 Å². The number of nitrogens with two attached hydrogens (primary N) is 1. The first-order chi connectivity index (χ1) is 8.49. The summed E-state index contributed by atoms with van der Waals surface area (Å²) in [5.74, 6) is 0.580. The van der Waals surface area contributed by atoms with Gasteiger partial charge in [-0.25, -0.2) is 0 Å². The van der Waals surface area contributed by atoms with Crippen molar-refractivity contribution in [1.82, 2.24) is 4.90 Å². The predicted octanol–water partition coefficient (Wildman–Crippen LogP) is 2.54. The summed E-state index contributed by atoms with van der Waals surface area (Å²) in [7, 11) is 3.38. The molecule has 0 aliphatic carbocycles. The summed E-state index contributed by atoms with van der Waals surface area (Å²) in [5.41, 5.74) is 6.86. The Morgan fingerprint density at radius 1 is 1.44 bits per heavy atom. The SMILES string of the molecule is CCCC(C)N(C)C(=O)c1cc(N)cc(OC)c1. The van der Waals surface area contributed by atoms with Gasteiger partial charge < -0.3 is 15.4 Å². The summed E-state index contributed by atoms with van der Waals surface area (Å²) in [6, 6.07) is 5.31. The lowest BCUT2D eigenvalue weighted by Crippen LogP contribution is -2.35. The fraction of sp³-hybridized carbons (Fsp3) is 0.500. The molecule has 1 rings (SSSR count). The van der Waals surface area contributed by atoms with E-state index in [4.69, 9.17) is 10.5 Å². The number of anilines is 1. The molecular weight excluding hydrogens is 228 g/mol. The number of rotatable bonds is 5. The molecule has 1 amide bonds. The number of carbonyl (C=O) groups excluding carboxylic acids is 1. The number of nitrogens with zero attached hydrogens (tertiary/aromatic N) is 1. The smallest absolute Gasteiger partial charge is 0.254 e. The van der Waals surface area contributed by atoms with Crippen LogP contribution >= 0.6 is 0 Å². The van der Waals surface area contributed by atoms with Crippen LogP contribution in [0.3, 0.4) is 0 Å². The maximum atomic E-state index is 12.3. The van der Waals surface area contributed by atoms with Crippen molar-refractivity contribution < 1.29 is 9.53 Å². The molecule has 4 nitrogen and oxygen atoms in total. The fourth-order valence-electron chi connectivity index (χ4n) is 1.88. The molecule has 100 valence electrons. The molecule has 0 fully saturated rings. The lowest BCUT2D eigenvalue weighted by Gasteiger charge is -2.25. The summed E-state index contributed by atoms with van der Waals surface area (Å²) in [6.07, 6.45) is 2.04. The second-order valence-electron chi connectivity index (χ2n) is 4.55. The van der Waals surface area contributed by atoms with Crippen LogP contribution in [-0.2, 0) is 0 Å². The maximum Gasteiger partial charge on any atom is 0.254 e. The number of nitrogen functional groups attached to an aromatic ring is 1. The fourth-order valence-corrected chi connectivity index (χ4v) is 1.88. The van der Waals surface area contributed by atoms with Crippen LogP contribution in [0.2, 0.25) is 0 Å². The molecule has 0 saturated heterocycles. The lowest BCUT2D eigenvalue weighted by molar-refractivity contribution is 0.0736. The van der Waals surface area contributed by atoms with E-state index in [2.05, 4.69) is 6.92 Å². The highest BCUT2D eigenvalue weighted by Crippen LogP contribution is 2.20. The third kappa shape index (κ3) is 3.39. The lowest BCUT2D eigenvalue weighted by atomic mass is 10.1. The molecule has 0 bridgehead atoms. The van der Waals surface area contributed by atoms with Crippen molar-refractivity contribution in [2.75, 3.05) is 19.9 Å². The van der Waals surface area contributed by atoms with Gasteiger partial charge in [-0.3, -0.25) is 4.79 Å². The molecule has 1 aromatic rings. The van der Waals surface area contributed by atoms with Crippen LogP contribution in [-0.4, -0.2) is 31.0 Å². The van der Waals surface area contributed by atoms with Gasteiger partial charge in [0, 0.05) is 30.4 Å². The Labute approximate surface area is 109 Å². The highest BCUT2D eigenvalue weighted by atomic mass is 16.5. The Bertz CT molecular complexity index is 418. The minimum atomic E-state index is -0.0263. The van der Waals surface area contributed by atoms with Crippen LogP contribution in [0.25, 0.3) is 0 Å². The molecule has 0 heterocycles. The van der Waals surface area contributed by atoms with Gasteiger partial charge in [0.15, 0.2) is 0 Å². The Morgan fingerprint density at radius 3 is 2.67 bits per heavy atom. The summed E-state index contributed by atoms with van der Waals surface area (Å²) in [6.45, 7) is 4.16. The Balaban J connectivity index is 2.92. The van der Waals surface area contributed by atoms with Crippen molar-refractivity contribution in [3.63, 3.8) is 0 Å². The molecule has 0 saturated carbocycles. The number of hydrogen-bond donors (Lipinski definition) is 1. The highest BCUT2D eigenvalue weighted by Gasteiger charge is 2.17. The molecular formula is C14H22N2O2. The molecule has 4 heteroatoms. The molecule has 1 unspecified atom stereocenters. The van der Waals surface area contributed by atoms with Gasteiger partial charge in [-0.15, -0.1) is 0 Å². The Hall–Kier alpha value is -1.71. The first-order valence-corrected chi connectivity index (χ1v) is 6.21. The third-order valence-corrected chi connectivity index (χ3v) is 3.10. The zero-order chi connectivity index (χ0) is 13.7. The molecule has 0 aliphatic rings. The van der Waals surface area contributed by atoms with Crippen LogP contribution in [0.4, 0.5) is 5.69 Å². The Kier molecular flexibility index (Phi) is 5.01. The molecule has 18 heavy (non-hydrogen) atoms. The van der Waals surface area contributed by atoms with E-state index < -0.39 is 0 Å². The summed E-state index contributed by atoms with van der Waals surface area (Å²) < 4.78 is 5.12. The van der Waals surface area contributed by atoms with Crippen molar-refractivity contribution in [2.24, 2.45) is 0 Å². The number of amides is 1. The summed E-state index contributed by atoms with van der Waals surface area (Å²) in [5, 5.41) is 0. The second kappa shape index (κ2) is 6.28. The van der Waals surface area contributed by atoms with Crippen molar-refractivity contribution in [1.29, 1.82) is 0 Å². The van der Waals surface area contributed by atoms with Crippen molar-refractivity contribution >= 4 is 11.6 Å². The minimum absolute atomic E-state index is 0.0263. The van der Waals surface area contributed by atoms with Crippen LogP contribution in [0, 0.1) is 0 Å². The molecule has 2 N–H and O–H groups in total. The highest BCUT2D eigenvalue weighted by molar-refractivity contribution is 5.95. The van der Waals surface area contributed by atoms with E-state index in [1.807, 2.05) is 14.0 Å². The summed E-state index contributed by atoms with van der Waals surface area (Å²) >= 11 is 0. The van der Waals surface area contributed by atoms with Gasteiger partial charge >= 0.3 is 0 Å². The van der Waals surface area contributed by atoms with Gasteiger partial charge in [-0.1, -0.05) is 13.3 Å². The van der Waals surface area contributed by atoms with Crippen LogP contribution < -0.4 is 10.5 Å². The van der Waals surface area contributed by atoms with Gasteiger partial charge in [-0.05, 0) is 25.5 Å². The van der Waals surface area contributed by atoms with Gasteiger partial charge in [0.25, 0.3) is 5.91 Å². The molecule has 1 aromatic carbocycles. The van der Waals surface area contributed by atoms with E-state index in [-0.39, 0.29) is 11.9 Å². The zero-order valence-electron chi connectivity index (χ0n) is 11.6. The molecule has 0 radical (unpaired) electrons. The number of hydrogen-bond acceptors (Lipinski definition) is 3. The molecule has 0 spiro atoms.